The van der Waals surface area contributed by atoms with E-state index in [1.807, 2.05) is 29.9 Å². The third-order valence-electron chi connectivity index (χ3n) is 4.93. The minimum atomic E-state index is -0.465. The first-order chi connectivity index (χ1) is 12.0. The highest BCUT2D eigenvalue weighted by atomic mass is 16.5. The van der Waals surface area contributed by atoms with Gasteiger partial charge >= 0.3 is 0 Å². The number of amides is 1. The SMILES string of the molecule is Cc1nn(C)c(C)c1[C@H]1CCCN1Cc1cccc(OCC(N)=O)c1. The minimum Gasteiger partial charge on any atom is -0.484 e. The van der Waals surface area contributed by atoms with Crippen LogP contribution < -0.4 is 10.5 Å². The van der Waals surface area contributed by atoms with Crippen LogP contribution in [-0.4, -0.2) is 33.7 Å². The molecule has 1 aliphatic heterocycles. The van der Waals surface area contributed by atoms with Crippen molar-refractivity contribution in [2.45, 2.75) is 39.3 Å². The maximum Gasteiger partial charge on any atom is 0.255 e. The van der Waals surface area contributed by atoms with Gasteiger partial charge in [0.1, 0.15) is 5.75 Å². The maximum atomic E-state index is 10.9. The molecule has 6 nitrogen and oxygen atoms in total. The smallest absolute Gasteiger partial charge is 0.255 e. The number of hydrogen-bond donors (Lipinski definition) is 1. The Hall–Kier alpha value is -2.34. The number of primary amides is 1. The van der Waals surface area contributed by atoms with E-state index in [4.69, 9.17) is 10.5 Å². The summed E-state index contributed by atoms with van der Waals surface area (Å²) in [6, 6.07) is 8.29. The maximum absolute atomic E-state index is 10.9. The van der Waals surface area contributed by atoms with Gasteiger partial charge in [0.2, 0.25) is 0 Å². The van der Waals surface area contributed by atoms with Gasteiger partial charge in [0.25, 0.3) is 5.91 Å². The van der Waals surface area contributed by atoms with Crippen LogP contribution in [0.5, 0.6) is 5.75 Å². The van der Waals surface area contributed by atoms with E-state index in [0.717, 1.165) is 25.2 Å². The molecule has 0 spiro atoms. The van der Waals surface area contributed by atoms with E-state index >= 15 is 0 Å². The predicted octanol–water partition coefficient (Wildman–Crippen LogP) is 2.24. The number of carbonyl (C=O) groups is 1. The Morgan fingerprint density at radius 2 is 2.20 bits per heavy atom. The van der Waals surface area contributed by atoms with Crippen LogP contribution in [0.15, 0.2) is 24.3 Å². The summed E-state index contributed by atoms with van der Waals surface area (Å²) in [7, 11) is 2.00. The monoisotopic (exact) mass is 342 g/mol. The predicted molar refractivity (Wildman–Crippen MR) is 96.2 cm³/mol. The van der Waals surface area contributed by atoms with Crippen molar-refractivity contribution in [3.8, 4) is 5.75 Å². The molecule has 1 saturated heterocycles. The van der Waals surface area contributed by atoms with E-state index in [0.29, 0.717) is 11.8 Å². The molecule has 134 valence electrons. The zero-order chi connectivity index (χ0) is 18.0. The van der Waals surface area contributed by atoms with Crippen LogP contribution in [0.25, 0.3) is 0 Å². The number of aryl methyl sites for hydroxylation is 2. The Balaban J connectivity index is 1.75. The fraction of sp³-hybridized carbons (Fsp3) is 0.474. The zero-order valence-corrected chi connectivity index (χ0v) is 15.2. The van der Waals surface area contributed by atoms with E-state index < -0.39 is 5.91 Å². The Morgan fingerprint density at radius 3 is 2.88 bits per heavy atom. The number of aromatic nitrogens is 2. The van der Waals surface area contributed by atoms with Crippen molar-refractivity contribution in [3.63, 3.8) is 0 Å². The van der Waals surface area contributed by atoms with Gasteiger partial charge in [-0.05, 0) is 50.9 Å². The summed E-state index contributed by atoms with van der Waals surface area (Å²) in [6.07, 6.45) is 2.35. The van der Waals surface area contributed by atoms with E-state index in [2.05, 4.69) is 29.9 Å². The third-order valence-corrected chi connectivity index (χ3v) is 4.93. The fourth-order valence-electron chi connectivity index (χ4n) is 3.74. The molecule has 3 rings (SSSR count). The van der Waals surface area contributed by atoms with Crippen LogP contribution in [-0.2, 0) is 18.4 Å². The molecule has 1 atom stereocenters. The second-order valence-electron chi connectivity index (χ2n) is 6.74. The zero-order valence-electron chi connectivity index (χ0n) is 15.2. The molecular formula is C19H26N4O2. The third kappa shape index (κ3) is 3.85. The number of likely N-dealkylation sites (tertiary alicyclic amines) is 1. The molecule has 1 aromatic carbocycles. The highest BCUT2D eigenvalue weighted by Gasteiger charge is 2.30. The number of nitrogens with zero attached hydrogens (tertiary/aromatic N) is 3. The average Bonchev–Trinajstić information content (AvgIpc) is 3.10. The molecule has 2 aromatic rings. The van der Waals surface area contributed by atoms with Crippen LogP contribution in [0.3, 0.4) is 0 Å². The number of benzene rings is 1. The van der Waals surface area contributed by atoms with Gasteiger partial charge in [-0.1, -0.05) is 12.1 Å². The van der Waals surface area contributed by atoms with Crippen LogP contribution in [0, 0.1) is 13.8 Å². The molecule has 1 fully saturated rings. The lowest BCUT2D eigenvalue weighted by Gasteiger charge is -2.25. The first-order valence-corrected chi connectivity index (χ1v) is 8.70. The Kier molecular flexibility index (Phi) is 5.08. The standard InChI is InChI=1S/C19H26N4O2/c1-13-19(14(2)22(3)21-13)17-8-5-9-23(17)11-15-6-4-7-16(10-15)25-12-18(20)24/h4,6-7,10,17H,5,8-9,11-12H2,1-3H3,(H2,20,24)/t17-/m1/s1. The van der Waals surface area contributed by atoms with Crippen molar-refractivity contribution >= 4 is 5.91 Å². The first-order valence-electron chi connectivity index (χ1n) is 8.70. The minimum absolute atomic E-state index is 0.0934. The second kappa shape index (κ2) is 7.27. The van der Waals surface area contributed by atoms with Crippen molar-refractivity contribution < 1.29 is 9.53 Å². The fourth-order valence-corrected chi connectivity index (χ4v) is 3.74. The summed E-state index contributed by atoms with van der Waals surface area (Å²) >= 11 is 0. The van der Waals surface area contributed by atoms with Crippen molar-refractivity contribution in [2.75, 3.05) is 13.2 Å². The van der Waals surface area contributed by atoms with E-state index in [1.54, 1.807) is 0 Å². The summed E-state index contributed by atoms with van der Waals surface area (Å²) in [5.74, 6) is 0.216. The summed E-state index contributed by atoms with van der Waals surface area (Å²) in [5, 5.41) is 4.58. The summed E-state index contributed by atoms with van der Waals surface area (Å²) in [5.41, 5.74) is 10.0. The second-order valence-corrected chi connectivity index (χ2v) is 6.74. The Bertz CT molecular complexity index is 769. The molecule has 2 N–H and O–H groups in total. The topological polar surface area (TPSA) is 73.4 Å². The molecule has 1 amide bonds. The van der Waals surface area contributed by atoms with Gasteiger partial charge in [-0.3, -0.25) is 14.4 Å². The van der Waals surface area contributed by atoms with Gasteiger partial charge in [0.05, 0.1) is 5.69 Å². The quantitative estimate of drug-likeness (QED) is 0.874. The molecule has 1 aliphatic rings. The van der Waals surface area contributed by atoms with E-state index in [-0.39, 0.29) is 6.61 Å². The molecule has 2 heterocycles. The normalized spacial score (nSPS) is 17.8. The lowest BCUT2D eigenvalue weighted by Crippen LogP contribution is -2.24. The molecule has 6 heteroatoms. The van der Waals surface area contributed by atoms with E-state index in [9.17, 15) is 4.79 Å². The molecule has 0 aliphatic carbocycles. The van der Waals surface area contributed by atoms with Crippen molar-refractivity contribution in [1.29, 1.82) is 0 Å². The van der Waals surface area contributed by atoms with Gasteiger partial charge in [-0.2, -0.15) is 5.10 Å². The number of carbonyl (C=O) groups excluding carboxylic acids is 1. The molecule has 0 saturated carbocycles. The van der Waals surface area contributed by atoms with Crippen molar-refractivity contribution in [3.05, 3.63) is 46.8 Å². The molecular weight excluding hydrogens is 316 g/mol. The van der Waals surface area contributed by atoms with Gasteiger partial charge in [-0.15, -0.1) is 0 Å². The van der Waals surface area contributed by atoms with Crippen LogP contribution in [0.4, 0.5) is 0 Å². The molecule has 0 radical (unpaired) electrons. The molecule has 0 unspecified atom stereocenters. The average molecular weight is 342 g/mol. The lowest BCUT2D eigenvalue weighted by molar-refractivity contribution is -0.119. The van der Waals surface area contributed by atoms with Gasteiger partial charge in [0.15, 0.2) is 6.61 Å². The van der Waals surface area contributed by atoms with Gasteiger partial charge < -0.3 is 10.5 Å². The Labute approximate surface area is 148 Å². The van der Waals surface area contributed by atoms with Crippen LogP contribution >= 0.6 is 0 Å². The van der Waals surface area contributed by atoms with Gasteiger partial charge in [-0.25, -0.2) is 0 Å². The van der Waals surface area contributed by atoms with Crippen molar-refractivity contribution in [1.82, 2.24) is 14.7 Å². The van der Waals surface area contributed by atoms with Crippen molar-refractivity contribution in [2.24, 2.45) is 12.8 Å². The number of nitrogens with two attached hydrogens (primary N) is 1. The summed E-state index contributed by atoms with van der Waals surface area (Å²) in [6.45, 7) is 6.07. The lowest BCUT2D eigenvalue weighted by atomic mass is 10.0. The first kappa shape index (κ1) is 17.5. The summed E-state index contributed by atoms with van der Waals surface area (Å²) < 4.78 is 7.39. The summed E-state index contributed by atoms with van der Waals surface area (Å²) in [4.78, 5) is 13.4. The molecule has 1 aromatic heterocycles. The van der Waals surface area contributed by atoms with Gasteiger partial charge in [0, 0.05) is 30.9 Å². The molecule has 0 bridgehead atoms. The number of rotatable bonds is 6. The Morgan fingerprint density at radius 1 is 1.40 bits per heavy atom. The van der Waals surface area contributed by atoms with Crippen LogP contribution in [0.1, 0.15) is 41.4 Å². The number of hydrogen-bond acceptors (Lipinski definition) is 4. The largest absolute Gasteiger partial charge is 0.484 e. The highest BCUT2D eigenvalue weighted by Crippen LogP contribution is 2.36. The van der Waals surface area contributed by atoms with Crippen LogP contribution in [0.2, 0.25) is 0 Å². The number of ether oxygens (including phenoxy) is 1. The van der Waals surface area contributed by atoms with E-state index in [1.165, 1.54) is 23.2 Å². The molecule has 25 heavy (non-hydrogen) atoms. The highest BCUT2D eigenvalue weighted by molar-refractivity contribution is 5.75.